The van der Waals surface area contributed by atoms with Gasteiger partial charge in [-0.15, -0.1) is 0 Å². The monoisotopic (exact) mass is 234 g/mol. The van der Waals surface area contributed by atoms with Crippen molar-refractivity contribution in [3.8, 4) is 0 Å². The molecule has 0 aliphatic heterocycles. The van der Waals surface area contributed by atoms with Crippen molar-refractivity contribution >= 4 is 13.5 Å². The van der Waals surface area contributed by atoms with E-state index >= 15 is 0 Å². The van der Waals surface area contributed by atoms with Crippen molar-refractivity contribution in [3.05, 3.63) is 35.9 Å². The summed E-state index contributed by atoms with van der Waals surface area (Å²) in [5.74, 6) is 0.403. The van der Waals surface area contributed by atoms with Crippen LogP contribution in [0.4, 0.5) is 0 Å². The second-order valence-corrected chi connectivity index (χ2v) is 10.5. The van der Waals surface area contributed by atoms with Gasteiger partial charge in [-0.3, -0.25) is 0 Å². The minimum atomic E-state index is -1.61. The largest absolute Gasteiger partial charge is 0.305 e. The summed E-state index contributed by atoms with van der Waals surface area (Å²) in [4.78, 5) is 12.1. The maximum absolute atomic E-state index is 12.1. The van der Waals surface area contributed by atoms with Crippen LogP contribution < -0.4 is 0 Å². The molecule has 0 unspecified atom stereocenters. The summed E-state index contributed by atoms with van der Waals surface area (Å²) in [5.41, 5.74) is 1.30. The smallest absolute Gasteiger partial charge is 0.123 e. The molecule has 1 aromatic carbocycles. The Kier molecular flexibility index (Phi) is 4.48. The fourth-order valence-electron chi connectivity index (χ4n) is 1.75. The molecular formula is C14H22OSi. The molecule has 0 bridgehead atoms. The summed E-state index contributed by atoms with van der Waals surface area (Å²) in [6, 6.07) is 10.4. The predicted octanol–water partition coefficient (Wildman–Crippen LogP) is 4.02. The Morgan fingerprint density at radius 3 is 2.19 bits per heavy atom. The Morgan fingerprint density at radius 1 is 1.19 bits per heavy atom. The van der Waals surface area contributed by atoms with Crippen molar-refractivity contribution in [2.24, 2.45) is 0 Å². The number of rotatable bonds is 5. The Balaban J connectivity index is 2.75. The normalized spacial score (nSPS) is 13.5. The van der Waals surface area contributed by atoms with E-state index in [1.165, 1.54) is 5.56 Å². The van der Waals surface area contributed by atoms with Gasteiger partial charge in [0.05, 0.1) is 0 Å². The quantitative estimate of drug-likeness (QED) is 0.703. The first kappa shape index (κ1) is 13.2. The zero-order chi connectivity index (χ0) is 12.2. The zero-order valence-corrected chi connectivity index (χ0v) is 11.8. The van der Waals surface area contributed by atoms with E-state index in [1.807, 2.05) is 6.07 Å². The van der Waals surface area contributed by atoms with Crippen LogP contribution in [0.3, 0.4) is 0 Å². The molecule has 0 aromatic heterocycles. The summed E-state index contributed by atoms with van der Waals surface area (Å²) in [5, 5.41) is 0.489. The van der Waals surface area contributed by atoms with Crippen LogP contribution in [0.25, 0.3) is 0 Å². The molecule has 88 valence electrons. The van der Waals surface area contributed by atoms with E-state index in [-0.39, 0.29) is 0 Å². The van der Waals surface area contributed by atoms with Gasteiger partial charge in [-0.2, -0.15) is 0 Å². The number of benzene rings is 1. The second-order valence-electron chi connectivity index (χ2n) is 5.39. The zero-order valence-electron chi connectivity index (χ0n) is 10.8. The summed E-state index contributed by atoms with van der Waals surface area (Å²) in [6.45, 7) is 8.56. The van der Waals surface area contributed by atoms with E-state index in [1.54, 1.807) is 0 Å². The van der Waals surface area contributed by atoms with Crippen LogP contribution in [0, 0.1) is 0 Å². The van der Waals surface area contributed by atoms with Crippen LogP contribution in [0.15, 0.2) is 30.3 Å². The lowest BCUT2D eigenvalue weighted by Crippen LogP contribution is -2.34. The van der Waals surface area contributed by atoms with E-state index in [0.29, 0.717) is 11.3 Å². The van der Waals surface area contributed by atoms with Gasteiger partial charge in [0.15, 0.2) is 0 Å². The molecule has 0 amide bonds. The van der Waals surface area contributed by atoms with Gasteiger partial charge in [-0.05, 0) is 17.9 Å². The summed E-state index contributed by atoms with van der Waals surface area (Å²) in [7, 11) is -1.61. The van der Waals surface area contributed by atoms with Crippen LogP contribution in [-0.2, 0) is 4.79 Å². The number of carbonyl (C=O) groups is 1. The Labute approximate surface area is 99.9 Å². The van der Waals surface area contributed by atoms with Crippen LogP contribution >= 0.6 is 0 Å². The molecule has 1 atom stereocenters. The van der Waals surface area contributed by atoms with E-state index < -0.39 is 8.07 Å². The number of hydrogen-bond acceptors (Lipinski definition) is 1. The highest BCUT2D eigenvalue weighted by molar-refractivity contribution is 7.03. The highest BCUT2D eigenvalue weighted by Crippen LogP contribution is 2.25. The molecule has 1 aromatic rings. The highest BCUT2D eigenvalue weighted by Gasteiger charge is 2.26. The lowest BCUT2D eigenvalue weighted by atomic mass is 9.94. The summed E-state index contributed by atoms with van der Waals surface area (Å²) < 4.78 is 0. The van der Waals surface area contributed by atoms with Gasteiger partial charge in [-0.1, -0.05) is 56.9 Å². The predicted molar refractivity (Wildman–Crippen MR) is 72.4 cm³/mol. The van der Waals surface area contributed by atoms with Crippen LogP contribution in [0.5, 0.6) is 0 Å². The molecule has 1 rings (SSSR count). The van der Waals surface area contributed by atoms with Crippen molar-refractivity contribution < 1.29 is 4.79 Å². The third-order valence-corrected chi connectivity index (χ3v) is 4.91. The van der Waals surface area contributed by atoms with Gasteiger partial charge in [0.2, 0.25) is 0 Å². The fraction of sp³-hybridized carbons (Fsp3) is 0.500. The highest BCUT2D eigenvalue weighted by atomic mass is 28.3. The minimum absolute atomic E-state index is 0.403. The van der Waals surface area contributed by atoms with Crippen molar-refractivity contribution in [2.45, 2.75) is 45.3 Å². The average Bonchev–Trinajstić information content (AvgIpc) is 2.25. The van der Waals surface area contributed by atoms with Crippen molar-refractivity contribution in [1.29, 1.82) is 0 Å². The standard InChI is InChI=1S/C14H22OSi/c1-5-12(11-14(15)16(2,3)4)13-9-7-6-8-10-13/h6-10,12H,5,11H2,1-4H3/t12-/m1/s1. The van der Waals surface area contributed by atoms with Crippen LogP contribution in [0.1, 0.15) is 31.2 Å². The van der Waals surface area contributed by atoms with Gasteiger partial charge in [0.1, 0.15) is 13.5 Å². The Morgan fingerprint density at radius 2 is 1.75 bits per heavy atom. The maximum atomic E-state index is 12.1. The van der Waals surface area contributed by atoms with E-state index in [2.05, 4.69) is 50.8 Å². The summed E-state index contributed by atoms with van der Waals surface area (Å²) in [6.07, 6.45) is 1.76. The van der Waals surface area contributed by atoms with Gasteiger partial charge in [0, 0.05) is 6.42 Å². The molecule has 0 fully saturated rings. The molecule has 0 radical (unpaired) electrons. The van der Waals surface area contributed by atoms with Gasteiger partial charge in [0.25, 0.3) is 0 Å². The maximum Gasteiger partial charge on any atom is 0.123 e. The molecule has 0 aliphatic carbocycles. The molecule has 2 heteroatoms. The number of hydrogen-bond donors (Lipinski definition) is 0. The summed E-state index contributed by atoms with van der Waals surface area (Å²) >= 11 is 0. The Hall–Kier alpha value is -0.893. The van der Waals surface area contributed by atoms with Crippen molar-refractivity contribution in [3.63, 3.8) is 0 Å². The van der Waals surface area contributed by atoms with E-state index in [4.69, 9.17) is 0 Å². The fourth-order valence-corrected chi connectivity index (χ4v) is 2.61. The van der Waals surface area contributed by atoms with Crippen molar-refractivity contribution in [2.75, 3.05) is 0 Å². The Bertz CT molecular complexity index is 338. The van der Waals surface area contributed by atoms with E-state index in [0.717, 1.165) is 12.8 Å². The lowest BCUT2D eigenvalue weighted by molar-refractivity contribution is -0.113. The second kappa shape index (κ2) is 5.44. The molecule has 0 spiro atoms. The van der Waals surface area contributed by atoms with Crippen LogP contribution in [0.2, 0.25) is 19.6 Å². The first-order valence-electron chi connectivity index (χ1n) is 6.03. The van der Waals surface area contributed by atoms with Crippen molar-refractivity contribution in [1.82, 2.24) is 0 Å². The molecule has 0 N–H and O–H groups in total. The van der Waals surface area contributed by atoms with Gasteiger partial charge < -0.3 is 4.79 Å². The SMILES string of the molecule is CC[C@H](CC(=O)[Si](C)(C)C)c1ccccc1. The molecule has 0 heterocycles. The van der Waals surface area contributed by atoms with Gasteiger partial charge >= 0.3 is 0 Å². The van der Waals surface area contributed by atoms with Crippen LogP contribution in [-0.4, -0.2) is 13.5 Å². The average molecular weight is 234 g/mol. The lowest BCUT2D eigenvalue weighted by Gasteiger charge is -2.20. The topological polar surface area (TPSA) is 17.1 Å². The molecule has 0 aliphatic rings. The molecular weight excluding hydrogens is 212 g/mol. The van der Waals surface area contributed by atoms with E-state index in [9.17, 15) is 4.79 Å². The minimum Gasteiger partial charge on any atom is -0.305 e. The third-order valence-electron chi connectivity index (χ3n) is 3.03. The molecule has 0 saturated carbocycles. The number of carbonyl (C=O) groups excluding carboxylic acids is 1. The third kappa shape index (κ3) is 3.60. The molecule has 0 saturated heterocycles. The first-order valence-corrected chi connectivity index (χ1v) is 9.53. The molecule has 1 nitrogen and oxygen atoms in total. The first-order chi connectivity index (χ1) is 7.45. The van der Waals surface area contributed by atoms with Gasteiger partial charge in [-0.25, -0.2) is 0 Å². The molecule has 16 heavy (non-hydrogen) atoms.